The minimum atomic E-state index is -0.834. The number of fused-ring (bicyclic) bond motifs is 5. The molecule has 3 aromatic rings. The molecule has 2 fully saturated rings. The highest BCUT2D eigenvalue weighted by Crippen LogP contribution is 2.52. The van der Waals surface area contributed by atoms with Crippen LogP contribution in [0.2, 0.25) is 0 Å². The normalized spacial score (nSPS) is 22.1. The number of hydrazine groups is 1. The van der Waals surface area contributed by atoms with Crippen LogP contribution in [0, 0.1) is 33.8 Å². The molecule has 2 aliphatic carbocycles. The lowest BCUT2D eigenvalue weighted by Crippen LogP contribution is -2.52. The van der Waals surface area contributed by atoms with E-state index in [1.165, 1.54) is 54.8 Å². The first-order valence-corrected chi connectivity index (χ1v) is 12.7. The number of rotatable bonds is 8. The number of carbonyl (C=O) groups is 5. The molecule has 0 radical (unpaired) electrons. The van der Waals surface area contributed by atoms with Gasteiger partial charge in [-0.2, -0.15) is 5.01 Å². The molecule has 12 nitrogen and oxygen atoms in total. The Morgan fingerprint density at radius 2 is 1.54 bits per heavy atom. The standard InChI is InChI=1S/C29H21N3O9/c33-22(16-7-11-21(12-8-16)41-29(37)23-2-1-13-40-23)15-30(26(34)17-5-9-20(10-6-17)32(38)39)31-27(35)24-18-3-4-19(14-18)25(24)28(31)36/h1-13,18-19,24-25H,14-15H2/t18-,19+,24-,25-/m1/s1. The van der Waals surface area contributed by atoms with Crippen molar-refractivity contribution in [1.29, 1.82) is 0 Å². The third kappa shape index (κ3) is 4.48. The quantitative estimate of drug-likeness (QED) is 0.0772. The Labute approximate surface area is 231 Å². The average Bonchev–Trinajstić information content (AvgIpc) is 3.78. The van der Waals surface area contributed by atoms with E-state index < -0.39 is 52.8 Å². The third-order valence-electron chi connectivity index (χ3n) is 7.65. The molecule has 41 heavy (non-hydrogen) atoms. The lowest BCUT2D eigenvalue weighted by atomic mass is 9.85. The van der Waals surface area contributed by atoms with Crippen LogP contribution in [0.15, 0.2) is 83.5 Å². The number of carbonyl (C=O) groups excluding carboxylic acids is 5. The van der Waals surface area contributed by atoms with Gasteiger partial charge in [0.1, 0.15) is 12.3 Å². The number of imide groups is 1. The second-order valence-corrected chi connectivity index (χ2v) is 9.97. The summed E-state index contributed by atoms with van der Waals surface area (Å²) in [6.07, 6.45) is 5.84. The molecule has 2 bridgehead atoms. The van der Waals surface area contributed by atoms with E-state index in [0.29, 0.717) is 6.42 Å². The average molecular weight is 555 g/mol. The number of nitrogens with zero attached hydrogens (tertiary/aromatic N) is 3. The Bertz CT molecular complexity index is 1580. The predicted octanol–water partition coefficient (Wildman–Crippen LogP) is 3.45. The fourth-order valence-corrected chi connectivity index (χ4v) is 5.72. The summed E-state index contributed by atoms with van der Waals surface area (Å²) >= 11 is 0. The van der Waals surface area contributed by atoms with E-state index in [1.807, 2.05) is 12.2 Å². The Balaban J connectivity index is 1.26. The van der Waals surface area contributed by atoms with E-state index in [-0.39, 0.29) is 40.2 Å². The summed E-state index contributed by atoms with van der Waals surface area (Å²) < 4.78 is 10.2. The molecule has 3 aliphatic rings. The van der Waals surface area contributed by atoms with Gasteiger partial charge in [0.15, 0.2) is 5.78 Å². The monoisotopic (exact) mass is 555 g/mol. The van der Waals surface area contributed by atoms with Crippen LogP contribution in [0.4, 0.5) is 5.69 Å². The van der Waals surface area contributed by atoms with Crippen molar-refractivity contribution in [3.8, 4) is 5.75 Å². The van der Waals surface area contributed by atoms with Crippen molar-refractivity contribution in [2.24, 2.45) is 23.7 Å². The Kier molecular flexibility index (Phi) is 6.29. The maximum absolute atomic E-state index is 13.6. The number of allylic oxidation sites excluding steroid dienone is 2. The van der Waals surface area contributed by atoms with Crippen LogP contribution in [0.1, 0.15) is 37.7 Å². The zero-order chi connectivity index (χ0) is 28.8. The maximum Gasteiger partial charge on any atom is 0.379 e. The number of amides is 3. The largest absolute Gasteiger partial charge is 0.457 e. The number of furan rings is 1. The Morgan fingerprint density at radius 1 is 0.927 bits per heavy atom. The molecule has 6 rings (SSSR count). The molecular formula is C29H21N3O9. The van der Waals surface area contributed by atoms with Gasteiger partial charge in [0, 0.05) is 23.3 Å². The maximum atomic E-state index is 13.6. The van der Waals surface area contributed by atoms with Gasteiger partial charge in [0.25, 0.3) is 23.4 Å². The number of nitro benzene ring substituents is 1. The molecule has 4 atom stereocenters. The Morgan fingerprint density at radius 3 is 2.10 bits per heavy atom. The third-order valence-corrected chi connectivity index (χ3v) is 7.65. The van der Waals surface area contributed by atoms with Crippen LogP contribution >= 0.6 is 0 Å². The van der Waals surface area contributed by atoms with E-state index in [4.69, 9.17) is 9.15 Å². The fraction of sp³-hybridized carbons (Fsp3) is 0.207. The van der Waals surface area contributed by atoms with Gasteiger partial charge >= 0.3 is 5.97 Å². The van der Waals surface area contributed by atoms with Gasteiger partial charge in [0.05, 0.1) is 23.0 Å². The second kappa shape index (κ2) is 9.97. The Hall–Kier alpha value is -5.39. The highest BCUT2D eigenvalue weighted by molar-refractivity contribution is 6.10. The van der Waals surface area contributed by atoms with Crippen molar-refractivity contribution in [2.75, 3.05) is 6.54 Å². The van der Waals surface area contributed by atoms with Gasteiger partial charge in [-0.25, -0.2) is 9.80 Å². The number of non-ortho nitro benzene ring substituents is 1. The summed E-state index contributed by atoms with van der Waals surface area (Å²) in [6.45, 7) is -0.652. The SMILES string of the molecule is O=C(CN(C(=O)c1ccc([N+](=O)[O-])cc1)N1C(=O)[C@H]2[C@H](C1=O)[C@H]1C=C[C@@H]2C1)c1ccc(OC(=O)c2ccco2)cc1. The first kappa shape index (κ1) is 25.9. The summed E-state index contributed by atoms with van der Waals surface area (Å²) in [4.78, 5) is 76.5. The zero-order valence-corrected chi connectivity index (χ0v) is 21.2. The highest BCUT2D eigenvalue weighted by atomic mass is 16.6. The molecule has 3 amide bonds. The van der Waals surface area contributed by atoms with Crippen LogP contribution in [0.25, 0.3) is 0 Å². The van der Waals surface area contributed by atoms with E-state index in [1.54, 1.807) is 0 Å². The van der Waals surface area contributed by atoms with Crippen LogP contribution in [-0.4, -0.2) is 51.0 Å². The van der Waals surface area contributed by atoms with Crippen molar-refractivity contribution < 1.29 is 38.1 Å². The van der Waals surface area contributed by atoms with E-state index in [9.17, 15) is 34.1 Å². The first-order chi connectivity index (χ1) is 19.7. The van der Waals surface area contributed by atoms with Crippen LogP contribution < -0.4 is 4.74 Å². The number of benzene rings is 2. The topological polar surface area (TPSA) is 157 Å². The number of ether oxygens (including phenoxy) is 1. The molecule has 2 heterocycles. The van der Waals surface area contributed by atoms with Gasteiger partial charge in [0.2, 0.25) is 5.76 Å². The van der Waals surface area contributed by atoms with Crippen LogP contribution in [0.5, 0.6) is 5.75 Å². The molecule has 12 heteroatoms. The van der Waals surface area contributed by atoms with Crippen molar-refractivity contribution in [3.63, 3.8) is 0 Å². The number of esters is 1. The molecular weight excluding hydrogens is 534 g/mol. The van der Waals surface area contributed by atoms with Crippen molar-refractivity contribution in [1.82, 2.24) is 10.0 Å². The van der Waals surface area contributed by atoms with Gasteiger partial charge in [-0.15, -0.1) is 0 Å². The lowest BCUT2D eigenvalue weighted by Gasteiger charge is -2.30. The van der Waals surface area contributed by atoms with Crippen molar-refractivity contribution >= 4 is 35.2 Å². The van der Waals surface area contributed by atoms with Crippen LogP contribution in [0.3, 0.4) is 0 Å². The highest BCUT2D eigenvalue weighted by Gasteiger charge is 2.61. The molecule has 0 N–H and O–H groups in total. The molecule has 206 valence electrons. The van der Waals surface area contributed by atoms with Gasteiger partial charge in [-0.05, 0) is 66.8 Å². The number of Topliss-reactive ketones (excluding diaryl/α,β-unsaturated/α-hetero) is 1. The van der Waals surface area contributed by atoms with Gasteiger partial charge in [-0.1, -0.05) is 12.2 Å². The van der Waals surface area contributed by atoms with Gasteiger partial charge < -0.3 is 9.15 Å². The molecule has 1 saturated heterocycles. The minimum Gasteiger partial charge on any atom is -0.457 e. The molecule has 1 aromatic heterocycles. The molecule has 1 aliphatic heterocycles. The van der Waals surface area contributed by atoms with E-state index in [2.05, 4.69) is 0 Å². The molecule has 1 saturated carbocycles. The number of nitro groups is 1. The van der Waals surface area contributed by atoms with Crippen LogP contribution in [-0.2, 0) is 9.59 Å². The first-order valence-electron chi connectivity index (χ1n) is 12.7. The van der Waals surface area contributed by atoms with E-state index in [0.717, 1.165) is 22.2 Å². The summed E-state index contributed by atoms with van der Waals surface area (Å²) in [5.74, 6) is -4.58. The molecule has 0 unspecified atom stereocenters. The zero-order valence-electron chi connectivity index (χ0n) is 21.2. The fourth-order valence-electron chi connectivity index (χ4n) is 5.72. The number of hydrogen-bond donors (Lipinski definition) is 0. The van der Waals surface area contributed by atoms with Crippen molar-refractivity contribution in [3.05, 3.63) is 106 Å². The minimum absolute atomic E-state index is 0.00102. The van der Waals surface area contributed by atoms with Crippen molar-refractivity contribution in [2.45, 2.75) is 6.42 Å². The summed E-state index contributed by atoms with van der Waals surface area (Å²) in [5.41, 5.74) is -0.157. The smallest absolute Gasteiger partial charge is 0.379 e. The summed E-state index contributed by atoms with van der Waals surface area (Å²) in [6, 6.07) is 13.2. The van der Waals surface area contributed by atoms with Gasteiger partial charge in [-0.3, -0.25) is 29.3 Å². The second-order valence-electron chi connectivity index (χ2n) is 9.97. The van der Waals surface area contributed by atoms with E-state index >= 15 is 0 Å². The lowest BCUT2D eigenvalue weighted by molar-refractivity contribution is -0.384. The molecule has 0 spiro atoms. The summed E-state index contributed by atoms with van der Waals surface area (Å²) in [7, 11) is 0. The summed E-state index contributed by atoms with van der Waals surface area (Å²) in [5, 5.41) is 12.6. The number of ketones is 1. The molecule has 2 aromatic carbocycles. The number of hydrogen-bond acceptors (Lipinski definition) is 9. The predicted molar refractivity (Wildman–Crippen MR) is 138 cm³/mol.